The lowest BCUT2D eigenvalue weighted by Gasteiger charge is -2.10. The van der Waals surface area contributed by atoms with Crippen LogP contribution in [0.2, 0.25) is 0 Å². The number of fused-ring (bicyclic) bond motifs is 1. The van der Waals surface area contributed by atoms with Gasteiger partial charge in [-0.1, -0.05) is 91.0 Å². The maximum atomic E-state index is 2.40. The van der Waals surface area contributed by atoms with Crippen molar-refractivity contribution in [2.24, 2.45) is 0 Å². The first-order valence-electron chi connectivity index (χ1n) is 7.35. The molecule has 0 spiro atoms. The van der Waals surface area contributed by atoms with E-state index in [1.165, 1.54) is 27.8 Å². The molecule has 4 rings (SSSR count). The van der Waals surface area contributed by atoms with E-state index < -0.39 is 0 Å². The standard InChI is InChI=1S/C21H16/c1-3-9-16(10-4-1)20-15-21(17-11-5-2-6-12-17)19-14-8-7-13-18(19)20/h1-15,20H. The highest BCUT2D eigenvalue weighted by Crippen LogP contribution is 2.42. The third-order valence-electron chi connectivity index (χ3n) is 4.16. The third-order valence-corrected chi connectivity index (χ3v) is 4.16. The Bertz CT molecular complexity index is 783. The summed E-state index contributed by atoms with van der Waals surface area (Å²) in [6.45, 7) is 0. The lowest BCUT2D eigenvalue weighted by molar-refractivity contribution is 1.05. The SMILES string of the molecule is C1=C(c2ccccc2)c2ccccc2C1c1ccccc1. The Morgan fingerprint density at radius 2 is 1.19 bits per heavy atom. The van der Waals surface area contributed by atoms with E-state index in [1.54, 1.807) is 0 Å². The molecular formula is C21H16. The molecule has 0 saturated carbocycles. The summed E-state index contributed by atoms with van der Waals surface area (Å²) < 4.78 is 0. The summed E-state index contributed by atoms with van der Waals surface area (Å²) in [5.41, 5.74) is 6.76. The van der Waals surface area contributed by atoms with Crippen molar-refractivity contribution in [2.75, 3.05) is 0 Å². The summed E-state index contributed by atoms with van der Waals surface area (Å²) in [4.78, 5) is 0. The van der Waals surface area contributed by atoms with Gasteiger partial charge < -0.3 is 0 Å². The number of rotatable bonds is 2. The quantitative estimate of drug-likeness (QED) is 0.594. The Labute approximate surface area is 125 Å². The molecule has 0 N–H and O–H groups in total. The van der Waals surface area contributed by atoms with Crippen LogP contribution in [-0.4, -0.2) is 0 Å². The zero-order valence-corrected chi connectivity index (χ0v) is 11.7. The van der Waals surface area contributed by atoms with Gasteiger partial charge in [0.1, 0.15) is 0 Å². The third kappa shape index (κ3) is 2.09. The highest BCUT2D eigenvalue weighted by molar-refractivity contribution is 5.86. The second-order valence-electron chi connectivity index (χ2n) is 5.42. The van der Waals surface area contributed by atoms with Gasteiger partial charge >= 0.3 is 0 Å². The van der Waals surface area contributed by atoms with Crippen molar-refractivity contribution in [1.29, 1.82) is 0 Å². The molecule has 3 aromatic carbocycles. The van der Waals surface area contributed by atoms with Crippen LogP contribution in [0.15, 0.2) is 91.0 Å². The largest absolute Gasteiger partial charge is 0.0641 e. The van der Waals surface area contributed by atoms with Crippen LogP contribution < -0.4 is 0 Å². The minimum Gasteiger partial charge on any atom is -0.0641 e. The molecule has 100 valence electrons. The van der Waals surface area contributed by atoms with Gasteiger partial charge in [0.15, 0.2) is 0 Å². The molecule has 21 heavy (non-hydrogen) atoms. The van der Waals surface area contributed by atoms with Crippen molar-refractivity contribution in [3.63, 3.8) is 0 Å². The molecule has 0 bridgehead atoms. The maximum Gasteiger partial charge on any atom is 0.0284 e. The summed E-state index contributed by atoms with van der Waals surface area (Å²) >= 11 is 0. The smallest absolute Gasteiger partial charge is 0.0284 e. The molecule has 1 aliphatic carbocycles. The second-order valence-corrected chi connectivity index (χ2v) is 5.42. The molecule has 1 atom stereocenters. The lowest BCUT2D eigenvalue weighted by atomic mass is 9.93. The molecular weight excluding hydrogens is 252 g/mol. The van der Waals surface area contributed by atoms with Crippen LogP contribution in [-0.2, 0) is 0 Å². The Morgan fingerprint density at radius 1 is 0.571 bits per heavy atom. The molecule has 0 amide bonds. The molecule has 0 aliphatic heterocycles. The van der Waals surface area contributed by atoms with E-state index in [-0.39, 0.29) is 0 Å². The first-order valence-corrected chi connectivity index (χ1v) is 7.35. The van der Waals surface area contributed by atoms with E-state index in [4.69, 9.17) is 0 Å². The number of allylic oxidation sites excluding steroid dienone is 1. The van der Waals surface area contributed by atoms with E-state index in [9.17, 15) is 0 Å². The highest BCUT2D eigenvalue weighted by atomic mass is 14.3. The fourth-order valence-corrected chi connectivity index (χ4v) is 3.17. The molecule has 0 heterocycles. The van der Waals surface area contributed by atoms with E-state index in [0.717, 1.165) is 0 Å². The van der Waals surface area contributed by atoms with Gasteiger partial charge in [0.25, 0.3) is 0 Å². The minimum atomic E-state index is 0.359. The van der Waals surface area contributed by atoms with Gasteiger partial charge in [-0.05, 0) is 27.8 Å². The van der Waals surface area contributed by atoms with Crippen molar-refractivity contribution in [2.45, 2.75) is 5.92 Å². The maximum absolute atomic E-state index is 2.40. The normalized spacial score (nSPS) is 16.4. The zero-order chi connectivity index (χ0) is 14.1. The van der Waals surface area contributed by atoms with Crippen LogP contribution in [0.25, 0.3) is 5.57 Å². The second kappa shape index (κ2) is 5.06. The predicted octanol–water partition coefficient (Wildman–Crippen LogP) is 5.26. The number of hydrogen-bond acceptors (Lipinski definition) is 0. The Balaban J connectivity index is 1.89. The van der Waals surface area contributed by atoms with Gasteiger partial charge in [0.05, 0.1) is 0 Å². The molecule has 1 aliphatic rings. The summed E-state index contributed by atoms with van der Waals surface area (Å²) in [5.74, 6) is 0.359. The molecule has 1 unspecified atom stereocenters. The Morgan fingerprint density at radius 3 is 1.95 bits per heavy atom. The van der Waals surface area contributed by atoms with Gasteiger partial charge in [0.2, 0.25) is 0 Å². The number of benzene rings is 3. The molecule has 0 aromatic heterocycles. The van der Waals surface area contributed by atoms with Gasteiger partial charge in [-0.2, -0.15) is 0 Å². The van der Waals surface area contributed by atoms with Gasteiger partial charge in [-0.25, -0.2) is 0 Å². The van der Waals surface area contributed by atoms with Gasteiger partial charge in [-0.3, -0.25) is 0 Å². The van der Waals surface area contributed by atoms with E-state index in [1.807, 2.05) is 0 Å². The van der Waals surface area contributed by atoms with E-state index in [0.29, 0.717) is 5.92 Å². The average molecular weight is 268 g/mol. The molecule has 0 radical (unpaired) electrons. The van der Waals surface area contributed by atoms with Crippen molar-refractivity contribution in [1.82, 2.24) is 0 Å². The van der Waals surface area contributed by atoms with Gasteiger partial charge in [-0.15, -0.1) is 0 Å². The summed E-state index contributed by atoms with van der Waals surface area (Å²) in [5, 5.41) is 0. The monoisotopic (exact) mass is 268 g/mol. The van der Waals surface area contributed by atoms with Crippen LogP contribution in [0.5, 0.6) is 0 Å². The van der Waals surface area contributed by atoms with Crippen LogP contribution in [0.4, 0.5) is 0 Å². The number of hydrogen-bond donors (Lipinski definition) is 0. The molecule has 3 aromatic rings. The van der Waals surface area contributed by atoms with E-state index >= 15 is 0 Å². The molecule has 0 saturated heterocycles. The minimum absolute atomic E-state index is 0.359. The summed E-state index contributed by atoms with van der Waals surface area (Å²) in [6.07, 6.45) is 2.40. The van der Waals surface area contributed by atoms with Crippen molar-refractivity contribution < 1.29 is 0 Å². The highest BCUT2D eigenvalue weighted by Gasteiger charge is 2.24. The van der Waals surface area contributed by atoms with Crippen LogP contribution in [0.1, 0.15) is 28.2 Å². The molecule has 0 fully saturated rings. The van der Waals surface area contributed by atoms with Gasteiger partial charge in [0, 0.05) is 5.92 Å². The van der Waals surface area contributed by atoms with Crippen LogP contribution in [0, 0.1) is 0 Å². The Hall–Kier alpha value is -2.60. The van der Waals surface area contributed by atoms with Crippen molar-refractivity contribution in [3.05, 3.63) is 113 Å². The summed E-state index contributed by atoms with van der Waals surface area (Å²) in [6, 6.07) is 30.1. The van der Waals surface area contributed by atoms with Crippen molar-refractivity contribution >= 4 is 5.57 Å². The summed E-state index contributed by atoms with van der Waals surface area (Å²) in [7, 11) is 0. The topological polar surface area (TPSA) is 0 Å². The van der Waals surface area contributed by atoms with Crippen LogP contribution >= 0.6 is 0 Å². The molecule has 0 nitrogen and oxygen atoms in total. The Kier molecular flexibility index (Phi) is 2.93. The fourth-order valence-electron chi connectivity index (χ4n) is 3.17. The lowest BCUT2D eigenvalue weighted by Crippen LogP contribution is -1.94. The first-order chi connectivity index (χ1) is 10.4. The van der Waals surface area contributed by atoms with Crippen LogP contribution in [0.3, 0.4) is 0 Å². The predicted molar refractivity (Wildman–Crippen MR) is 88.2 cm³/mol. The molecule has 0 heteroatoms. The zero-order valence-electron chi connectivity index (χ0n) is 11.7. The van der Waals surface area contributed by atoms with E-state index in [2.05, 4.69) is 91.0 Å². The first kappa shape index (κ1) is 12.2. The fraction of sp³-hybridized carbons (Fsp3) is 0.0476. The average Bonchev–Trinajstić information content (AvgIpc) is 2.96. The van der Waals surface area contributed by atoms with Crippen molar-refractivity contribution in [3.8, 4) is 0 Å².